The zero-order valence-electron chi connectivity index (χ0n) is 10.7. The molecule has 0 aromatic rings. The van der Waals surface area contributed by atoms with Crippen molar-refractivity contribution in [1.82, 2.24) is 10.2 Å². The number of carboxylic acids is 1. The van der Waals surface area contributed by atoms with E-state index in [1.807, 2.05) is 0 Å². The second-order valence-corrected chi connectivity index (χ2v) is 3.98. The number of carboxylic acid groups (broad SMARTS) is 1. The molecule has 0 amide bonds. The van der Waals surface area contributed by atoms with Crippen LogP contribution < -0.4 is 5.32 Å². The van der Waals surface area contributed by atoms with Crippen molar-refractivity contribution in [3.05, 3.63) is 0 Å². The molecule has 0 aliphatic rings. The van der Waals surface area contributed by atoms with Gasteiger partial charge in [0.05, 0.1) is 0 Å². The third-order valence-corrected chi connectivity index (χ3v) is 2.72. The predicted molar refractivity (Wildman–Crippen MR) is 66.8 cm³/mol. The Bertz CT molecular complexity index is 170. The van der Waals surface area contributed by atoms with Gasteiger partial charge in [0.25, 0.3) is 0 Å². The molecule has 96 valence electrons. The molecular formula is C12H26N2O2. The van der Waals surface area contributed by atoms with Gasteiger partial charge in [-0.05, 0) is 52.0 Å². The maximum Gasteiger partial charge on any atom is 0.303 e. The van der Waals surface area contributed by atoms with Gasteiger partial charge in [0, 0.05) is 6.42 Å². The van der Waals surface area contributed by atoms with Gasteiger partial charge in [-0.15, -0.1) is 0 Å². The van der Waals surface area contributed by atoms with Crippen LogP contribution in [0.4, 0.5) is 0 Å². The summed E-state index contributed by atoms with van der Waals surface area (Å²) < 4.78 is 0. The van der Waals surface area contributed by atoms with E-state index < -0.39 is 5.97 Å². The molecule has 0 aromatic heterocycles. The quantitative estimate of drug-likeness (QED) is 0.529. The molecule has 0 saturated heterocycles. The summed E-state index contributed by atoms with van der Waals surface area (Å²) in [7, 11) is 0. The molecule has 0 aliphatic carbocycles. The minimum Gasteiger partial charge on any atom is -0.481 e. The van der Waals surface area contributed by atoms with E-state index >= 15 is 0 Å². The summed E-state index contributed by atoms with van der Waals surface area (Å²) in [6.07, 6.45) is 3.19. The smallest absolute Gasteiger partial charge is 0.303 e. The van der Waals surface area contributed by atoms with Crippen molar-refractivity contribution in [1.29, 1.82) is 0 Å². The lowest BCUT2D eigenvalue weighted by molar-refractivity contribution is -0.137. The molecule has 2 N–H and O–H groups in total. The Labute approximate surface area is 99.0 Å². The Hall–Kier alpha value is -0.610. The van der Waals surface area contributed by atoms with Crippen LogP contribution >= 0.6 is 0 Å². The highest BCUT2D eigenvalue weighted by Crippen LogP contribution is 1.94. The van der Waals surface area contributed by atoms with Crippen LogP contribution in [0.2, 0.25) is 0 Å². The molecule has 0 fully saturated rings. The molecular weight excluding hydrogens is 204 g/mol. The number of unbranched alkanes of at least 4 members (excludes halogenated alkanes) is 1. The molecule has 0 aromatic carbocycles. The topological polar surface area (TPSA) is 52.6 Å². The highest BCUT2D eigenvalue weighted by molar-refractivity contribution is 5.66. The maximum absolute atomic E-state index is 10.2. The van der Waals surface area contributed by atoms with Gasteiger partial charge in [0.1, 0.15) is 0 Å². The number of nitrogens with one attached hydrogen (secondary N) is 1. The summed E-state index contributed by atoms with van der Waals surface area (Å²) in [6.45, 7) is 9.72. The number of aliphatic carboxylic acids is 1. The Morgan fingerprint density at radius 1 is 1.12 bits per heavy atom. The van der Waals surface area contributed by atoms with Crippen molar-refractivity contribution >= 4 is 5.97 Å². The number of hydrogen-bond acceptors (Lipinski definition) is 3. The normalized spacial score (nSPS) is 10.9. The second-order valence-electron chi connectivity index (χ2n) is 3.98. The molecule has 4 heteroatoms. The van der Waals surface area contributed by atoms with E-state index in [-0.39, 0.29) is 0 Å². The number of carbonyl (C=O) groups is 1. The highest BCUT2D eigenvalue weighted by Gasteiger charge is 1.98. The molecule has 16 heavy (non-hydrogen) atoms. The van der Waals surface area contributed by atoms with Gasteiger partial charge in [-0.1, -0.05) is 13.8 Å². The monoisotopic (exact) mass is 230 g/mol. The lowest BCUT2D eigenvalue weighted by atomic mass is 10.2. The van der Waals surface area contributed by atoms with E-state index in [2.05, 4.69) is 24.1 Å². The molecule has 0 spiro atoms. The van der Waals surface area contributed by atoms with Crippen LogP contribution in [-0.2, 0) is 4.79 Å². The summed E-state index contributed by atoms with van der Waals surface area (Å²) in [5.74, 6) is -0.693. The van der Waals surface area contributed by atoms with Crippen LogP contribution in [0.5, 0.6) is 0 Å². The van der Waals surface area contributed by atoms with E-state index in [1.54, 1.807) is 0 Å². The van der Waals surface area contributed by atoms with Gasteiger partial charge in [-0.2, -0.15) is 0 Å². The van der Waals surface area contributed by atoms with Crippen molar-refractivity contribution in [2.75, 3.05) is 32.7 Å². The summed E-state index contributed by atoms with van der Waals surface area (Å²) in [6, 6.07) is 0. The first-order chi connectivity index (χ1) is 7.70. The van der Waals surface area contributed by atoms with Crippen LogP contribution in [0.3, 0.4) is 0 Å². The summed E-state index contributed by atoms with van der Waals surface area (Å²) >= 11 is 0. The van der Waals surface area contributed by atoms with Crippen molar-refractivity contribution in [2.24, 2.45) is 0 Å². The molecule has 0 radical (unpaired) electrons. The predicted octanol–water partition coefficient (Wildman–Crippen LogP) is 1.56. The van der Waals surface area contributed by atoms with Gasteiger partial charge < -0.3 is 15.3 Å². The minimum absolute atomic E-state index is 0.293. The van der Waals surface area contributed by atoms with Gasteiger partial charge in [-0.25, -0.2) is 0 Å². The van der Waals surface area contributed by atoms with Crippen LogP contribution in [-0.4, -0.2) is 48.7 Å². The van der Waals surface area contributed by atoms with Crippen LogP contribution in [0, 0.1) is 0 Å². The summed E-state index contributed by atoms with van der Waals surface area (Å²) in [5, 5.41) is 11.8. The number of nitrogens with zero attached hydrogens (tertiary/aromatic N) is 1. The first kappa shape index (κ1) is 15.4. The van der Waals surface area contributed by atoms with Crippen molar-refractivity contribution in [2.45, 2.75) is 39.5 Å². The van der Waals surface area contributed by atoms with Crippen molar-refractivity contribution in [3.63, 3.8) is 0 Å². The average Bonchev–Trinajstić information content (AvgIpc) is 2.27. The Morgan fingerprint density at radius 3 is 2.31 bits per heavy atom. The molecule has 0 saturated carbocycles. The molecule has 0 unspecified atom stereocenters. The maximum atomic E-state index is 10.2. The standard InChI is InChI=1S/C12H26N2O2/c1-3-14(4-2)11-7-10-13-9-6-5-8-12(15)16/h13H,3-11H2,1-2H3,(H,15,16). The fraction of sp³-hybridized carbons (Fsp3) is 0.917. The van der Waals surface area contributed by atoms with Crippen LogP contribution in [0.25, 0.3) is 0 Å². The van der Waals surface area contributed by atoms with Crippen molar-refractivity contribution < 1.29 is 9.90 Å². The third-order valence-electron chi connectivity index (χ3n) is 2.72. The van der Waals surface area contributed by atoms with Gasteiger partial charge in [0.15, 0.2) is 0 Å². The van der Waals surface area contributed by atoms with E-state index in [4.69, 9.17) is 5.11 Å². The lowest BCUT2D eigenvalue weighted by Crippen LogP contribution is -2.27. The zero-order chi connectivity index (χ0) is 12.2. The molecule has 0 heterocycles. The Kier molecular flexibility index (Phi) is 10.5. The Morgan fingerprint density at radius 2 is 1.75 bits per heavy atom. The van der Waals surface area contributed by atoms with E-state index in [0.29, 0.717) is 6.42 Å². The molecule has 0 aliphatic heterocycles. The van der Waals surface area contributed by atoms with E-state index in [0.717, 1.165) is 45.6 Å². The molecule has 4 nitrogen and oxygen atoms in total. The SMILES string of the molecule is CCN(CC)CCCNCCCCC(=O)O. The highest BCUT2D eigenvalue weighted by atomic mass is 16.4. The van der Waals surface area contributed by atoms with Gasteiger partial charge in [-0.3, -0.25) is 4.79 Å². The minimum atomic E-state index is -0.693. The summed E-state index contributed by atoms with van der Waals surface area (Å²) in [5.41, 5.74) is 0. The zero-order valence-corrected chi connectivity index (χ0v) is 10.7. The van der Waals surface area contributed by atoms with E-state index in [1.165, 1.54) is 6.42 Å². The first-order valence-electron chi connectivity index (χ1n) is 6.35. The lowest BCUT2D eigenvalue weighted by Gasteiger charge is -2.17. The van der Waals surface area contributed by atoms with Crippen LogP contribution in [0.15, 0.2) is 0 Å². The Balaban J connectivity index is 3.12. The van der Waals surface area contributed by atoms with E-state index in [9.17, 15) is 4.79 Å². The molecule has 0 atom stereocenters. The third kappa shape index (κ3) is 9.93. The van der Waals surface area contributed by atoms with Gasteiger partial charge in [0.2, 0.25) is 0 Å². The molecule has 0 rings (SSSR count). The van der Waals surface area contributed by atoms with Crippen LogP contribution in [0.1, 0.15) is 39.5 Å². The number of rotatable bonds is 11. The fourth-order valence-corrected chi connectivity index (χ4v) is 1.62. The van der Waals surface area contributed by atoms with Gasteiger partial charge >= 0.3 is 5.97 Å². The first-order valence-corrected chi connectivity index (χ1v) is 6.35. The summed E-state index contributed by atoms with van der Waals surface area (Å²) in [4.78, 5) is 12.7. The number of hydrogen-bond donors (Lipinski definition) is 2. The largest absolute Gasteiger partial charge is 0.481 e. The average molecular weight is 230 g/mol. The molecule has 0 bridgehead atoms. The fourth-order valence-electron chi connectivity index (χ4n) is 1.62. The second kappa shape index (κ2) is 10.9. The van der Waals surface area contributed by atoms with Crippen molar-refractivity contribution in [3.8, 4) is 0 Å².